The highest BCUT2D eigenvalue weighted by atomic mass is 32.2. The zero-order valence-electron chi connectivity index (χ0n) is 16.8. The standard InChI is InChI=1S/C20H26N2O6S/c1-10(2)22-17(24)13-14(18(22)25)20(19(26)27,8-9-29-4)21-15(13)11-6-5-7-12(28-3)16(11)23/h5-7,10,13-15,21,23H,8-9H2,1-4H3,(H,26,27)/t13-,14-,15-,20-/m0/s1. The third-order valence-electron chi connectivity index (χ3n) is 5.87. The van der Waals surface area contributed by atoms with Gasteiger partial charge in [0.15, 0.2) is 11.5 Å². The lowest BCUT2D eigenvalue weighted by Gasteiger charge is -2.32. The van der Waals surface area contributed by atoms with Gasteiger partial charge in [0.05, 0.1) is 18.9 Å². The first-order valence-corrected chi connectivity index (χ1v) is 10.8. The van der Waals surface area contributed by atoms with E-state index in [1.165, 1.54) is 18.9 Å². The zero-order valence-corrected chi connectivity index (χ0v) is 17.7. The van der Waals surface area contributed by atoms with Crippen LogP contribution in [0.1, 0.15) is 31.9 Å². The van der Waals surface area contributed by atoms with Gasteiger partial charge in [0.1, 0.15) is 5.54 Å². The summed E-state index contributed by atoms with van der Waals surface area (Å²) in [6, 6.07) is 3.65. The lowest BCUT2D eigenvalue weighted by molar-refractivity contribution is -0.152. The molecule has 0 saturated carbocycles. The minimum atomic E-state index is -1.59. The van der Waals surface area contributed by atoms with Crippen molar-refractivity contribution in [1.29, 1.82) is 0 Å². The van der Waals surface area contributed by atoms with E-state index in [1.807, 2.05) is 6.26 Å². The summed E-state index contributed by atoms with van der Waals surface area (Å²) in [4.78, 5) is 40.0. The van der Waals surface area contributed by atoms with E-state index in [1.54, 1.807) is 32.0 Å². The summed E-state index contributed by atoms with van der Waals surface area (Å²) < 4.78 is 5.17. The molecule has 9 heteroatoms. The fourth-order valence-electron chi connectivity index (χ4n) is 4.55. The molecule has 2 fully saturated rings. The largest absolute Gasteiger partial charge is 0.504 e. The Balaban J connectivity index is 2.18. The van der Waals surface area contributed by atoms with Gasteiger partial charge in [-0.15, -0.1) is 0 Å². The number of thioether (sulfide) groups is 1. The van der Waals surface area contributed by atoms with Crippen molar-refractivity contribution in [2.45, 2.75) is 37.9 Å². The number of hydrogen-bond donors (Lipinski definition) is 3. The number of ether oxygens (including phenoxy) is 1. The third kappa shape index (κ3) is 3.16. The average molecular weight is 423 g/mol. The van der Waals surface area contributed by atoms with E-state index in [0.29, 0.717) is 11.3 Å². The number of likely N-dealkylation sites (tertiary alicyclic amines) is 1. The van der Waals surface area contributed by atoms with Crippen molar-refractivity contribution < 1.29 is 29.3 Å². The number of benzene rings is 1. The van der Waals surface area contributed by atoms with E-state index < -0.39 is 41.2 Å². The number of methoxy groups -OCH3 is 1. The summed E-state index contributed by atoms with van der Waals surface area (Å²) in [6.45, 7) is 3.46. The molecular weight excluding hydrogens is 396 g/mol. The number of para-hydroxylation sites is 1. The number of fused-ring (bicyclic) bond motifs is 1. The Bertz CT molecular complexity index is 844. The van der Waals surface area contributed by atoms with E-state index in [2.05, 4.69) is 5.32 Å². The fourth-order valence-corrected chi connectivity index (χ4v) is 5.08. The van der Waals surface area contributed by atoms with Gasteiger partial charge in [-0.05, 0) is 38.3 Å². The van der Waals surface area contributed by atoms with Gasteiger partial charge in [-0.1, -0.05) is 12.1 Å². The van der Waals surface area contributed by atoms with Gasteiger partial charge in [-0.2, -0.15) is 11.8 Å². The van der Waals surface area contributed by atoms with Gasteiger partial charge in [0, 0.05) is 17.6 Å². The average Bonchev–Trinajstić information content (AvgIpc) is 3.15. The predicted molar refractivity (Wildman–Crippen MR) is 108 cm³/mol. The first-order valence-electron chi connectivity index (χ1n) is 9.44. The molecule has 0 aromatic heterocycles. The topological polar surface area (TPSA) is 116 Å². The minimum absolute atomic E-state index is 0.166. The van der Waals surface area contributed by atoms with Gasteiger partial charge in [0.2, 0.25) is 11.8 Å². The van der Waals surface area contributed by atoms with Crippen LogP contribution in [0.25, 0.3) is 0 Å². The molecule has 2 heterocycles. The van der Waals surface area contributed by atoms with Gasteiger partial charge in [-0.25, -0.2) is 0 Å². The summed E-state index contributed by atoms with van der Waals surface area (Å²) in [5.41, 5.74) is -1.25. The molecule has 29 heavy (non-hydrogen) atoms. The minimum Gasteiger partial charge on any atom is -0.504 e. The van der Waals surface area contributed by atoms with E-state index in [9.17, 15) is 24.6 Å². The second kappa shape index (κ2) is 7.87. The van der Waals surface area contributed by atoms with Crippen LogP contribution in [0.3, 0.4) is 0 Å². The van der Waals surface area contributed by atoms with E-state index in [-0.39, 0.29) is 24.0 Å². The van der Waals surface area contributed by atoms with Crippen molar-refractivity contribution in [3.8, 4) is 11.5 Å². The Kier molecular flexibility index (Phi) is 5.82. The lowest BCUT2D eigenvalue weighted by atomic mass is 9.78. The number of amides is 2. The number of phenols is 1. The van der Waals surface area contributed by atoms with Crippen molar-refractivity contribution >= 4 is 29.5 Å². The molecule has 2 aliphatic heterocycles. The van der Waals surface area contributed by atoms with Gasteiger partial charge >= 0.3 is 5.97 Å². The number of aliphatic carboxylic acids is 1. The highest BCUT2D eigenvalue weighted by molar-refractivity contribution is 7.98. The van der Waals surface area contributed by atoms with E-state index >= 15 is 0 Å². The number of carbonyl (C=O) groups excluding carboxylic acids is 2. The molecule has 158 valence electrons. The number of hydrogen-bond acceptors (Lipinski definition) is 7. The normalized spacial score (nSPS) is 28.9. The molecule has 2 aliphatic rings. The Morgan fingerprint density at radius 1 is 1.34 bits per heavy atom. The molecule has 3 N–H and O–H groups in total. The van der Waals surface area contributed by atoms with Crippen LogP contribution in [0, 0.1) is 11.8 Å². The molecule has 0 bridgehead atoms. The number of imide groups is 1. The van der Waals surface area contributed by atoms with Crippen molar-refractivity contribution in [3.05, 3.63) is 23.8 Å². The van der Waals surface area contributed by atoms with Crippen LogP contribution < -0.4 is 10.1 Å². The number of aromatic hydroxyl groups is 1. The molecule has 0 spiro atoms. The van der Waals surface area contributed by atoms with Crippen LogP contribution in [-0.2, 0) is 14.4 Å². The molecule has 0 unspecified atom stereocenters. The number of carbonyl (C=O) groups is 3. The van der Waals surface area contributed by atoms with E-state index in [4.69, 9.17) is 4.74 Å². The summed E-state index contributed by atoms with van der Waals surface area (Å²) in [5, 5.41) is 23.9. The SMILES string of the molecule is COc1cccc([C@@H]2N[C@](CCSC)(C(=O)O)[C@@H]3C(=O)N(C(C)C)C(=O)[C@@H]32)c1O. The monoisotopic (exact) mass is 422 g/mol. The molecule has 0 aliphatic carbocycles. The lowest BCUT2D eigenvalue weighted by Crippen LogP contribution is -2.56. The first-order chi connectivity index (χ1) is 13.7. The molecule has 8 nitrogen and oxygen atoms in total. The van der Waals surface area contributed by atoms with Crippen LogP contribution in [-0.4, -0.2) is 63.6 Å². The second-order valence-electron chi connectivity index (χ2n) is 7.68. The first kappa shape index (κ1) is 21.4. The third-order valence-corrected chi connectivity index (χ3v) is 6.48. The molecule has 2 amide bonds. The van der Waals surface area contributed by atoms with Crippen molar-refractivity contribution in [2.75, 3.05) is 19.1 Å². The molecule has 2 saturated heterocycles. The van der Waals surface area contributed by atoms with Crippen LogP contribution in [0.15, 0.2) is 18.2 Å². The number of nitrogens with zero attached hydrogens (tertiary/aromatic N) is 1. The van der Waals surface area contributed by atoms with Crippen LogP contribution in [0.5, 0.6) is 11.5 Å². The summed E-state index contributed by atoms with van der Waals surface area (Å²) in [7, 11) is 1.41. The number of carboxylic acid groups (broad SMARTS) is 1. The summed E-state index contributed by atoms with van der Waals surface area (Å²) >= 11 is 1.47. The molecule has 0 radical (unpaired) electrons. The summed E-state index contributed by atoms with van der Waals surface area (Å²) in [6.07, 6.45) is 2.03. The highest BCUT2D eigenvalue weighted by Crippen LogP contribution is 2.52. The maximum atomic E-state index is 13.2. The highest BCUT2D eigenvalue weighted by Gasteiger charge is 2.68. The smallest absolute Gasteiger partial charge is 0.324 e. The van der Waals surface area contributed by atoms with E-state index in [0.717, 1.165) is 4.90 Å². The van der Waals surface area contributed by atoms with Crippen LogP contribution in [0.2, 0.25) is 0 Å². The fraction of sp³-hybridized carbons (Fsp3) is 0.550. The summed E-state index contributed by atoms with van der Waals surface area (Å²) in [5.74, 6) is -3.46. The van der Waals surface area contributed by atoms with Crippen molar-refractivity contribution in [2.24, 2.45) is 11.8 Å². The maximum Gasteiger partial charge on any atom is 0.324 e. The van der Waals surface area contributed by atoms with Gasteiger partial charge < -0.3 is 14.9 Å². The van der Waals surface area contributed by atoms with Crippen LogP contribution >= 0.6 is 11.8 Å². The predicted octanol–water partition coefficient (Wildman–Crippen LogP) is 1.63. The molecule has 3 rings (SSSR count). The molecule has 1 aromatic rings. The number of rotatable bonds is 7. The molecular formula is C20H26N2O6S. The number of carboxylic acids is 1. The molecule has 1 aromatic carbocycles. The number of phenolic OH excluding ortho intramolecular Hbond substituents is 1. The quantitative estimate of drug-likeness (QED) is 0.568. The Labute approximate surface area is 173 Å². The Hall–Kier alpha value is -2.26. The van der Waals surface area contributed by atoms with Gasteiger partial charge in [-0.3, -0.25) is 24.6 Å². The second-order valence-corrected chi connectivity index (χ2v) is 8.67. The Morgan fingerprint density at radius 2 is 2.03 bits per heavy atom. The number of nitrogens with one attached hydrogen (secondary N) is 1. The van der Waals surface area contributed by atoms with Crippen LogP contribution in [0.4, 0.5) is 0 Å². The zero-order chi connectivity index (χ0) is 21.5. The van der Waals surface area contributed by atoms with Crippen molar-refractivity contribution in [1.82, 2.24) is 10.2 Å². The maximum absolute atomic E-state index is 13.2. The Morgan fingerprint density at radius 3 is 2.59 bits per heavy atom. The van der Waals surface area contributed by atoms with Crippen molar-refractivity contribution in [3.63, 3.8) is 0 Å². The van der Waals surface area contributed by atoms with Gasteiger partial charge in [0.25, 0.3) is 0 Å². The molecule has 4 atom stereocenters.